The lowest BCUT2D eigenvalue weighted by Crippen LogP contribution is -2.32. The van der Waals surface area contributed by atoms with Gasteiger partial charge in [-0.15, -0.1) is 0 Å². The first-order valence-electron chi connectivity index (χ1n) is 6.83. The number of halogens is 1. The molecule has 1 atom stereocenters. The molecule has 106 valence electrons. The Bertz CT molecular complexity index is 578. The van der Waals surface area contributed by atoms with Gasteiger partial charge in [-0.3, -0.25) is 4.90 Å². The average Bonchev–Trinajstić information content (AvgIpc) is 3.10. The second-order valence-corrected chi connectivity index (χ2v) is 5.65. The predicted octanol–water partition coefficient (Wildman–Crippen LogP) is 2.79. The van der Waals surface area contributed by atoms with E-state index in [0.29, 0.717) is 17.0 Å². The van der Waals surface area contributed by atoms with Crippen LogP contribution in [0.1, 0.15) is 12.1 Å². The summed E-state index contributed by atoms with van der Waals surface area (Å²) in [6.07, 6.45) is 2.92. The number of hydrogen-bond donors (Lipinski definition) is 1. The van der Waals surface area contributed by atoms with E-state index in [0.717, 1.165) is 30.9 Å². The number of likely N-dealkylation sites (N-methyl/N-ethyl adjacent to an activating group) is 1. The SMILES string of the molecule is CN(Cc1coc(-c2cccc(Cl)c2)n1)C1CCNC1. The summed E-state index contributed by atoms with van der Waals surface area (Å²) in [5, 5.41) is 4.07. The van der Waals surface area contributed by atoms with Crippen LogP contribution in [-0.2, 0) is 6.54 Å². The molecule has 1 saturated heterocycles. The van der Waals surface area contributed by atoms with Crippen LogP contribution in [0.2, 0.25) is 5.02 Å². The van der Waals surface area contributed by atoms with E-state index < -0.39 is 0 Å². The van der Waals surface area contributed by atoms with Crippen molar-refractivity contribution >= 4 is 11.6 Å². The van der Waals surface area contributed by atoms with E-state index in [1.54, 1.807) is 6.26 Å². The van der Waals surface area contributed by atoms with Crippen molar-refractivity contribution in [2.45, 2.75) is 19.0 Å². The standard InChI is InChI=1S/C15H18ClN3O/c1-19(14-5-6-17-8-14)9-13-10-20-15(18-13)11-3-2-4-12(16)7-11/h2-4,7,10,14,17H,5-6,8-9H2,1H3. The fourth-order valence-electron chi connectivity index (χ4n) is 2.53. The molecule has 5 heteroatoms. The van der Waals surface area contributed by atoms with Gasteiger partial charge in [0.25, 0.3) is 0 Å². The summed E-state index contributed by atoms with van der Waals surface area (Å²) >= 11 is 5.99. The molecule has 0 spiro atoms. The van der Waals surface area contributed by atoms with Crippen molar-refractivity contribution in [1.29, 1.82) is 0 Å². The number of benzene rings is 1. The van der Waals surface area contributed by atoms with Gasteiger partial charge in [-0.2, -0.15) is 0 Å². The van der Waals surface area contributed by atoms with Crippen molar-refractivity contribution in [3.05, 3.63) is 41.2 Å². The van der Waals surface area contributed by atoms with Crippen LogP contribution in [0.3, 0.4) is 0 Å². The van der Waals surface area contributed by atoms with Crippen LogP contribution in [0, 0.1) is 0 Å². The minimum atomic E-state index is 0.585. The normalized spacial score (nSPS) is 18.9. The Morgan fingerprint density at radius 1 is 1.50 bits per heavy atom. The molecule has 1 aromatic carbocycles. The first-order chi connectivity index (χ1) is 9.72. The third-order valence-electron chi connectivity index (χ3n) is 3.69. The van der Waals surface area contributed by atoms with Gasteiger partial charge in [0.1, 0.15) is 6.26 Å². The molecule has 2 aromatic rings. The van der Waals surface area contributed by atoms with Gasteiger partial charge in [0.2, 0.25) is 5.89 Å². The molecule has 20 heavy (non-hydrogen) atoms. The van der Waals surface area contributed by atoms with Gasteiger partial charge in [-0.25, -0.2) is 4.98 Å². The number of rotatable bonds is 4. The van der Waals surface area contributed by atoms with Crippen LogP contribution >= 0.6 is 11.6 Å². The highest BCUT2D eigenvalue weighted by Gasteiger charge is 2.20. The number of aromatic nitrogens is 1. The highest BCUT2D eigenvalue weighted by molar-refractivity contribution is 6.30. The van der Waals surface area contributed by atoms with Gasteiger partial charge in [-0.1, -0.05) is 17.7 Å². The molecule has 1 aliphatic rings. The van der Waals surface area contributed by atoms with E-state index in [1.807, 2.05) is 24.3 Å². The Hall–Kier alpha value is -1.36. The van der Waals surface area contributed by atoms with Crippen LogP contribution in [0.4, 0.5) is 0 Å². The Labute approximate surface area is 123 Å². The number of oxazole rings is 1. The zero-order valence-corrected chi connectivity index (χ0v) is 12.2. The van der Waals surface area contributed by atoms with Crippen molar-refractivity contribution in [2.75, 3.05) is 20.1 Å². The third kappa shape index (κ3) is 3.03. The molecule has 1 aliphatic heterocycles. The van der Waals surface area contributed by atoms with E-state index >= 15 is 0 Å². The summed E-state index contributed by atoms with van der Waals surface area (Å²) in [5.74, 6) is 0.625. The Kier molecular flexibility index (Phi) is 4.05. The zero-order chi connectivity index (χ0) is 13.9. The van der Waals surface area contributed by atoms with E-state index in [1.165, 1.54) is 6.42 Å². The molecular formula is C15H18ClN3O. The summed E-state index contributed by atoms with van der Waals surface area (Å²) in [7, 11) is 2.13. The quantitative estimate of drug-likeness (QED) is 0.940. The molecule has 2 heterocycles. The monoisotopic (exact) mass is 291 g/mol. The molecule has 0 radical (unpaired) electrons. The minimum absolute atomic E-state index is 0.585. The fourth-order valence-corrected chi connectivity index (χ4v) is 2.72. The highest BCUT2D eigenvalue weighted by Crippen LogP contribution is 2.22. The second kappa shape index (κ2) is 5.95. The fraction of sp³-hybridized carbons (Fsp3) is 0.400. The molecule has 0 bridgehead atoms. The lowest BCUT2D eigenvalue weighted by Gasteiger charge is -2.21. The second-order valence-electron chi connectivity index (χ2n) is 5.22. The molecule has 1 unspecified atom stereocenters. The summed E-state index contributed by atoms with van der Waals surface area (Å²) in [4.78, 5) is 6.86. The van der Waals surface area contributed by atoms with Crippen molar-refractivity contribution < 1.29 is 4.42 Å². The average molecular weight is 292 g/mol. The summed E-state index contributed by atoms with van der Waals surface area (Å²) in [6.45, 7) is 2.95. The molecule has 0 aliphatic carbocycles. The molecule has 3 rings (SSSR count). The summed E-state index contributed by atoms with van der Waals surface area (Å²) in [6, 6.07) is 8.14. The number of nitrogens with zero attached hydrogens (tertiary/aromatic N) is 2. The Morgan fingerprint density at radius 3 is 3.15 bits per heavy atom. The van der Waals surface area contributed by atoms with Crippen molar-refractivity contribution in [3.63, 3.8) is 0 Å². The maximum absolute atomic E-state index is 5.99. The largest absolute Gasteiger partial charge is 0.444 e. The van der Waals surface area contributed by atoms with Crippen LogP contribution in [0.5, 0.6) is 0 Å². The van der Waals surface area contributed by atoms with Gasteiger partial charge >= 0.3 is 0 Å². The van der Waals surface area contributed by atoms with Gasteiger partial charge in [0.05, 0.1) is 5.69 Å². The zero-order valence-electron chi connectivity index (χ0n) is 11.5. The maximum Gasteiger partial charge on any atom is 0.226 e. The minimum Gasteiger partial charge on any atom is -0.444 e. The Morgan fingerprint density at radius 2 is 2.40 bits per heavy atom. The Balaban J connectivity index is 1.70. The molecule has 1 fully saturated rings. The third-order valence-corrected chi connectivity index (χ3v) is 3.93. The lowest BCUT2D eigenvalue weighted by molar-refractivity contribution is 0.246. The smallest absolute Gasteiger partial charge is 0.226 e. The molecule has 1 aromatic heterocycles. The van der Waals surface area contributed by atoms with Gasteiger partial charge < -0.3 is 9.73 Å². The van der Waals surface area contributed by atoms with Crippen LogP contribution < -0.4 is 5.32 Å². The highest BCUT2D eigenvalue weighted by atomic mass is 35.5. The van der Waals surface area contributed by atoms with E-state index in [9.17, 15) is 0 Å². The molecule has 0 saturated carbocycles. The molecule has 0 amide bonds. The van der Waals surface area contributed by atoms with Gasteiger partial charge in [-0.05, 0) is 38.2 Å². The predicted molar refractivity (Wildman–Crippen MR) is 79.7 cm³/mol. The lowest BCUT2D eigenvalue weighted by atomic mass is 10.2. The summed E-state index contributed by atoms with van der Waals surface area (Å²) < 4.78 is 5.56. The molecular weight excluding hydrogens is 274 g/mol. The summed E-state index contributed by atoms with van der Waals surface area (Å²) in [5.41, 5.74) is 1.86. The number of hydrogen-bond acceptors (Lipinski definition) is 4. The van der Waals surface area contributed by atoms with E-state index in [4.69, 9.17) is 16.0 Å². The van der Waals surface area contributed by atoms with Crippen molar-refractivity contribution in [1.82, 2.24) is 15.2 Å². The van der Waals surface area contributed by atoms with Crippen LogP contribution in [0.15, 0.2) is 34.9 Å². The first kappa shape index (κ1) is 13.6. The van der Waals surface area contributed by atoms with Gasteiger partial charge in [0.15, 0.2) is 0 Å². The van der Waals surface area contributed by atoms with Crippen LogP contribution in [-0.4, -0.2) is 36.1 Å². The van der Waals surface area contributed by atoms with Gasteiger partial charge in [0, 0.05) is 29.7 Å². The van der Waals surface area contributed by atoms with E-state index in [-0.39, 0.29) is 0 Å². The van der Waals surface area contributed by atoms with Crippen molar-refractivity contribution in [3.8, 4) is 11.5 Å². The number of nitrogens with one attached hydrogen (secondary N) is 1. The first-order valence-corrected chi connectivity index (χ1v) is 7.21. The molecule has 1 N–H and O–H groups in total. The van der Waals surface area contributed by atoms with Crippen LogP contribution in [0.25, 0.3) is 11.5 Å². The molecule has 4 nitrogen and oxygen atoms in total. The van der Waals surface area contributed by atoms with Crippen molar-refractivity contribution in [2.24, 2.45) is 0 Å². The topological polar surface area (TPSA) is 41.3 Å². The maximum atomic E-state index is 5.99. The van der Waals surface area contributed by atoms with E-state index in [2.05, 4.69) is 22.2 Å².